The minimum Gasteiger partial charge on any atom is -0.441 e. The van der Waals surface area contributed by atoms with E-state index in [0.717, 1.165) is 49.1 Å². The van der Waals surface area contributed by atoms with E-state index >= 15 is 0 Å². The number of carbonyl (C=O) groups is 2. The van der Waals surface area contributed by atoms with E-state index in [-0.39, 0.29) is 24.2 Å². The topological polar surface area (TPSA) is 110 Å². The van der Waals surface area contributed by atoms with Crippen LogP contribution in [0.5, 0.6) is 0 Å². The van der Waals surface area contributed by atoms with Crippen molar-refractivity contribution in [1.29, 1.82) is 0 Å². The van der Waals surface area contributed by atoms with E-state index in [1.807, 2.05) is 18.3 Å². The molecule has 30 heavy (non-hydrogen) atoms. The molecule has 1 aliphatic carbocycles. The van der Waals surface area contributed by atoms with Crippen LogP contribution < -0.4 is 15.5 Å². The molecule has 0 bridgehead atoms. The summed E-state index contributed by atoms with van der Waals surface area (Å²) >= 11 is 3.42. The predicted molar refractivity (Wildman–Crippen MR) is 112 cm³/mol. The van der Waals surface area contributed by atoms with E-state index in [1.54, 1.807) is 0 Å². The Labute approximate surface area is 182 Å². The van der Waals surface area contributed by atoms with Gasteiger partial charge in [0.1, 0.15) is 5.82 Å². The van der Waals surface area contributed by atoms with E-state index in [2.05, 4.69) is 41.6 Å². The average molecular weight is 478 g/mol. The first-order valence-electron chi connectivity index (χ1n) is 9.94. The van der Waals surface area contributed by atoms with Gasteiger partial charge in [-0.05, 0) is 59.2 Å². The molecule has 1 saturated heterocycles. The molecule has 2 aromatic rings. The number of nitrogens with one attached hydrogen (secondary N) is 2. The Kier molecular flexibility index (Phi) is 5.94. The van der Waals surface area contributed by atoms with Crippen LogP contribution >= 0.6 is 15.9 Å². The number of nitrogens with zero attached hydrogens (tertiary/aromatic N) is 3. The number of alkyl carbamates (subject to hydrolysis) is 1. The van der Waals surface area contributed by atoms with Crippen molar-refractivity contribution in [2.45, 2.75) is 38.3 Å². The molecular weight excluding hydrogens is 454 g/mol. The van der Waals surface area contributed by atoms with Gasteiger partial charge < -0.3 is 24.8 Å². The van der Waals surface area contributed by atoms with Crippen molar-refractivity contribution in [2.24, 2.45) is 5.41 Å². The summed E-state index contributed by atoms with van der Waals surface area (Å²) in [6, 6.07) is 5.64. The van der Waals surface area contributed by atoms with Gasteiger partial charge in [0.25, 0.3) is 5.91 Å². The molecule has 0 aromatic carbocycles. The third-order valence-electron chi connectivity index (χ3n) is 5.90. The highest BCUT2D eigenvalue weighted by Crippen LogP contribution is 2.49. The molecule has 160 valence electrons. The molecule has 0 atom stereocenters. The molecular formula is C20H24BrN5O4. The van der Waals surface area contributed by atoms with Gasteiger partial charge in [0, 0.05) is 42.9 Å². The summed E-state index contributed by atoms with van der Waals surface area (Å²) in [6.45, 7) is 1.89. The fourth-order valence-electron chi connectivity index (χ4n) is 4.22. The molecule has 0 radical (unpaired) electrons. The second-order valence-corrected chi connectivity index (χ2v) is 8.82. The van der Waals surface area contributed by atoms with Gasteiger partial charge in [-0.3, -0.25) is 4.79 Å². The summed E-state index contributed by atoms with van der Waals surface area (Å²) < 4.78 is 11.2. The number of halogens is 1. The fraction of sp³-hybridized carbons (Fsp3) is 0.500. The second-order valence-electron chi connectivity index (χ2n) is 7.90. The lowest BCUT2D eigenvalue weighted by atomic mass is 9.60. The molecule has 9 nitrogen and oxygen atoms in total. The molecule has 3 heterocycles. The highest BCUT2D eigenvalue weighted by molar-refractivity contribution is 9.10. The number of anilines is 1. The monoisotopic (exact) mass is 477 g/mol. The van der Waals surface area contributed by atoms with Crippen molar-refractivity contribution in [2.75, 3.05) is 25.0 Å². The SMILES string of the molecule is CNC(=O)c1cc(COC(=O)NC2CC3(CCN(c4ccc(Br)cn4)CC3)C2)on1. The minimum absolute atomic E-state index is 0.0666. The van der Waals surface area contributed by atoms with Crippen LogP contribution in [0, 0.1) is 5.41 Å². The standard InChI is InChI=1S/C20H24BrN5O4/c1-22-18(27)16-8-15(30-25-16)12-29-19(28)24-14-9-20(10-14)4-6-26(7-5-20)17-3-2-13(21)11-23-17/h2-3,8,11,14H,4-7,9-10,12H2,1H3,(H,22,27)(H,24,28). The van der Waals surface area contributed by atoms with Crippen LogP contribution in [-0.4, -0.2) is 48.3 Å². The first-order valence-corrected chi connectivity index (χ1v) is 10.7. The Balaban J connectivity index is 1.18. The number of hydrogen-bond acceptors (Lipinski definition) is 7. The van der Waals surface area contributed by atoms with Gasteiger partial charge in [0.15, 0.2) is 18.1 Å². The summed E-state index contributed by atoms with van der Waals surface area (Å²) in [5.74, 6) is 0.983. The van der Waals surface area contributed by atoms with Crippen molar-refractivity contribution in [1.82, 2.24) is 20.8 Å². The maximum atomic E-state index is 12.1. The first-order chi connectivity index (χ1) is 14.5. The lowest BCUT2D eigenvalue weighted by molar-refractivity contribution is 0.0457. The van der Waals surface area contributed by atoms with Crippen LogP contribution in [0.4, 0.5) is 10.6 Å². The molecule has 2 aliphatic rings. The Morgan fingerprint density at radius 2 is 2.10 bits per heavy atom. The van der Waals surface area contributed by atoms with Crippen LogP contribution in [-0.2, 0) is 11.3 Å². The molecule has 1 saturated carbocycles. The number of amides is 2. The first kappa shape index (κ1) is 20.6. The van der Waals surface area contributed by atoms with E-state index in [0.29, 0.717) is 11.2 Å². The Bertz CT molecular complexity index is 900. The molecule has 2 N–H and O–H groups in total. The third-order valence-corrected chi connectivity index (χ3v) is 6.37. The molecule has 0 unspecified atom stereocenters. The quantitative estimate of drug-likeness (QED) is 0.680. The molecule has 2 fully saturated rings. The highest BCUT2D eigenvalue weighted by atomic mass is 79.9. The zero-order chi connectivity index (χ0) is 21.1. The van der Waals surface area contributed by atoms with Crippen LogP contribution in [0.2, 0.25) is 0 Å². The summed E-state index contributed by atoms with van der Waals surface area (Å²) in [5.41, 5.74) is 0.457. The van der Waals surface area contributed by atoms with Gasteiger partial charge >= 0.3 is 6.09 Å². The predicted octanol–water partition coefficient (Wildman–Crippen LogP) is 2.87. The van der Waals surface area contributed by atoms with Gasteiger partial charge in [-0.25, -0.2) is 9.78 Å². The number of piperidine rings is 1. The molecule has 10 heteroatoms. The van der Waals surface area contributed by atoms with E-state index in [1.165, 1.54) is 13.1 Å². The number of rotatable bonds is 5. The zero-order valence-corrected chi connectivity index (χ0v) is 18.3. The molecule has 2 amide bonds. The lowest BCUT2D eigenvalue weighted by Crippen LogP contribution is -2.55. The molecule has 1 spiro atoms. The second kappa shape index (κ2) is 8.63. The zero-order valence-electron chi connectivity index (χ0n) is 16.7. The number of pyridine rings is 1. The van der Waals surface area contributed by atoms with Crippen molar-refractivity contribution < 1.29 is 18.8 Å². The smallest absolute Gasteiger partial charge is 0.407 e. The Hall–Kier alpha value is -2.62. The van der Waals surface area contributed by atoms with Crippen molar-refractivity contribution in [3.8, 4) is 0 Å². The summed E-state index contributed by atoms with van der Waals surface area (Å²) in [4.78, 5) is 30.3. The maximum absolute atomic E-state index is 12.1. The van der Waals surface area contributed by atoms with Crippen molar-refractivity contribution in [3.05, 3.63) is 40.3 Å². The van der Waals surface area contributed by atoms with Gasteiger partial charge in [0.05, 0.1) is 0 Å². The molecule has 2 aromatic heterocycles. The van der Waals surface area contributed by atoms with E-state index in [4.69, 9.17) is 9.26 Å². The summed E-state index contributed by atoms with van der Waals surface area (Å²) in [7, 11) is 1.51. The minimum atomic E-state index is -0.482. The van der Waals surface area contributed by atoms with E-state index < -0.39 is 6.09 Å². The molecule has 1 aliphatic heterocycles. The van der Waals surface area contributed by atoms with Crippen LogP contribution in [0.15, 0.2) is 33.4 Å². The van der Waals surface area contributed by atoms with Crippen molar-refractivity contribution in [3.63, 3.8) is 0 Å². The molecule has 4 rings (SSSR count). The van der Waals surface area contributed by atoms with Gasteiger partial charge in [-0.15, -0.1) is 0 Å². The van der Waals surface area contributed by atoms with Gasteiger partial charge in [-0.1, -0.05) is 5.16 Å². The number of ether oxygens (including phenoxy) is 1. The van der Waals surface area contributed by atoms with Crippen LogP contribution in [0.3, 0.4) is 0 Å². The van der Waals surface area contributed by atoms with Gasteiger partial charge in [-0.2, -0.15) is 0 Å². The summed E-state index contributed by atoms with van der Waals surface area (Å²) in [6.07, 6.45) is 5.47. The Morgan fingerprint density at radius 1 is 1.33 bits per heavy atom. The highest BCUT2D eigenvalue weighted by Gasteiger charge is 2.46. The van der Waals surface area contributed by atoms with Crippen LogP contribution in [0.25, 0.3) is 0 Å². The van der Waals surface area contributed by atoms with E-state index in [9.17, 15) is 9.59 Å². The Morgan fingerprint density at radius 3 is 2.77 bits per heavy atom. The number of carbonyl (C=O) groups excluding carboxylic acids is 2. The van der Waals surface area contributed by atoms with Gasteiger partial charge in [0.2, 0.25) is 0 Å². The lowest BCUT2D eigenvalue weighted by Gasteiger charge is -2.52. The summed E-state index contributed by atoms with van der Waals surface area (Å²) in [5, 5.41) is 9.00. The largest absolute Gasteiger partial charge is 0.441 e. The average Bonchev–Trinajstić information content (AvgIpc) is 3.21. The normalized spacial score (nSPS) is 18.0. The number of aromatic nitrogens is 2. The maximum Gasteiger partial charge on any atom is 0.407 e. The fourth-order valence-corrected chi connectivity index (χ4v) is 4.46. The third kappa shape index (κ3) is 4.58. The van der Waals surface area contributed by atoms with Crippen LogP contribution in [0.1, 0.15) is 41.9 Å². The van der Waals surface area contributed by atoms with Crippen molar-refractivity contribution >= 4 is 33.7 Å². The number of hydrogen-bond donors (Lipinski definition) is 2.